The highest BCUT2D eigenvalue weighted by Gasteiger charge is 1.97. The molecule has 0 atom stereocenters. The van der Waals surface area contributed by atoms with Gasteiger partial charge in [-0.25, -0.2) is 0 Å². The van der Waals surface area contributed by atoms with E-state index in [1.807, 2.05) is 12.1 Å². The monoisotopic (exact) mass is 285 g/mol. The smallest absolute Gasteiger partial charge is 0.248 e. The van der Waals surface area contributed by atoms with Crippen LogP contribution in [0.25, 0.3) is 6.08 Å². The number of aryl methyl sites for hydroxylation is 1. The van der Waals surface area contributed by atoms with Crippen molar-refractivity contribution in [2.45, 2.75) is 13.3 Å². The van der Waals surface area contributed by atoms with Crippen LogP contribution in [0, 0.1) is 0 Å². The lowest BCUT2D eigenvalue weighted by Gasteiger charge is -2.02. The van der Waals surface area contributed by atoms with Gasteiger partial charge in [0, 0.05) is 16.8 Å². The second kappa shape index (κ2) is 6.92. The Kier molecular flexibility index (Phi) is 4.97. The van der Waals surface area contributed by atoms with Gasteiger partial charge < -0.3 is 5.32 Å². The van der Waals surface area contributed by atoms with Crippen molar-refractivity contribution in [3.8, 4) is 0 Å². The molecule has 0 unspecified atom stereocenters. The molecule has 102 valence electrons. The van der Waals surface area contributed by atoms with E-state index in [9.17, 15) is 4.79 Å². The molecule has 1 amide bonds. The number of carbonyl (C=O) groups is 1. The number of anilines is 1. The zero-order valence-electron chi connectivity index (χ0n) is 11.3. The van der Waals surface area contributed by atoms with E-state index in [1.165, 1.54) is 11.6 Å². The van der Waals surface area contributed by atoms with Crippen molar-refractivity contribution in [2.24, 2.45) is 0 Å². The van der Waals surface area contributed by atoms with Crippen LogP contribution in [0.5, 0.6) is 0 Å². The van der Waals surface area contributed by atoms with Gasteiger partial charge in [0.1, 0.15) is 0 Å². The molecular weight excluding hydrogens is 270 g/mol. The van der Waals surface area contributed by atoms with Gasteiger partial charge in [-0.3, -0.25) is 4.79 Å². The van der Waals surface area contributed by atoms with Crippen LogP contribution in [0.2, 0.25) is 5.02 Å². The quantitative estimate of drug-likeness (QED) is 0.820. The summed E-state index contributed by atoms with van der Waals surface area (Å²) in [6.45, 7) is 2.12. The Balaban J connectivity index is 1.96. The second-order valence-corrected chi connectivity index (χ2v) is 4.86. The lowest BCUT2D eigenvalue weighted by atomic mass is 10.1. The fraction of sp³-hybridized carbons (Fsp3) is 0.118. The highest BCUT2D eigenvalue weighted by Crippen LogP contribution is 2.13. The van der Waals surface area contributed by atoms with Gasteiger partial charge in [0.2, 0.25) is 5.91 Å². The average molecular weight is 286 g/mol. The summed E-state index contributed by atoms with van der Waals surface area (Å²) in [5.74, 6) is -0.160. The Hall–Kier alpha value is -2.06. The summed E-state index contributed by atoms with van der Waals surface area (Å²) >= 11 is 5.79. The summed E-state index contributed by atoms with van der Waals surface area (Å²) < 4.78 is 0. The lowest BCUT2D eigenvalue weighted by Crippen LogP contribution is -2.07. The molecule has 0 bridgehead atoms. The molecule has 2 aromatic rings. The zero-order valence-corrected chi connectivity index (χ0v) is 12.0. The van der Waals surface area contributed by atoms with Crippen LogP contribution >= 0.6 is 11.6 Å². The molecule has 0 spiro atoms. The van der Waals surface area contributed by atoms with Gasteiger partial charge in [-0.1, -0.05) is 42.8 Å². The number of rotatable bonds is 4. The maximum absolute atomic E-state index is 11.8. The molecule has 20 heavy (non-hydrogen) atoms. The van der Waals surface area contributed by atoms with Gasteiger partial charge in [0.25, 0.3) is 0 Å². The summed E-state index contributed by atoms with van der Waals surface area (Å²) in [6.07, 6.45) is 4.33. The lowest BCUT2D eigenvalue weighted by molar-refractivity contribution is -0.111. The third kappa shape index (κ3) is 4.25. The third-order valence-corrected chi connectivity index (χ3v) is 3.18. The molecule has 2 aromatic carbocycles. The second-order valence-electron chi connectivity index (χ2n) is 4.42. The summed E-state index contributed by atoms with van der Waals surface area (Å²) in [5, 5.41) is 3.43. The number of hydrogen-bond donors (Lipinski definition) is 1. The molecule has 0 saturated heterocycles. The third-order valence-electron chi connectivity index (χ3n) is 2.93. The van der Waals surface area contributed by atoms with Crippen molar-refractivity contribution >= 4 is 29.3 Å². The van der Waals surface area contributed by atoms with Crippen LogP contribution in [0.15, 0.2) is 54.6 Å². The van der Waals surface area contributed by atoms with E-state index < -0.39 is 0 Å². The molecule has 2 rings (SSSR count). The van der Waals surface area contributed by atoms with Crippen molar-refractivity contribution < 1.29 is 4.79 Å². The first-order chi connectivity index (χ1) is 9.67. The van der Waals surface area contributed by atoms with Crippen LogP contribution in [0.4, 0.5) is 5.69 Å². The molecule has 0 aromatic heterocycles. The molecular formula is C17H16ClNO. The fourth-order valence-electron chi connectivity index (χ4n) is 1.75. The van der Waals surface area contributed by atoms with Gasteiger partial charge >= 0.3 is 0 Å². The minimum Gasteiger partial charge on any atom is -0.323 e. The van der Waals surface area contributed by atoms with E-state index in [0.717, 1.165) is 17.7 Å². The predicted octanol–water partition coefficient (Wildman–Crippen LogP) is 4.55. The van der Waals surface area contributed by atoms with E-state index in [1.54, 1.807) is 30.3 Å². The zero-order chi connectivity index (χ0) is 14.4. The molecule has 1 N–H and O–H groups in total. The predicted molar refractivity (Wildman–Crippen MR) is 84.9 cm³/mol. The summed E-state index contributed by atoms with van der Waals surface area (Å²) in [6, 6.07) is 15.2. The first kappa shape index (κ1) is 14.4. The molecule has 0 radical (unpaired) electrons. The van der Waals surface area contributed by atoms with Crippen LogP contribution in [0.1, 0.15) is 18.1 Å². The van der Waals surface area contributed by atoms with Crippen molar-refractivity contribution in [3.05, 3.63) is 70.8 Å². The minimum atomic E-state index is -0.160. The SMILES string of the molecule is CCc1ccc(/C=C/C(=O)Nc2ccc(Cl)cc2)cc1. The van der Waals surface area contributed by atoms with Gasteiger partial charge in [0.05, 0.1) is 0 Å². The maximum Gasteiger partial charge on any atom is 0.248 e. The Labute approximate surface area is 124 Å². The molecule has 0 aliphatic rings. The largest absolute Gasteiger partial charge is 0.323 e. The topological polar surface area (TPSA) is 29.1 Å². The van der Waals surface area contributed by atoms with Crippen molar-refractivity contribution in [2.75, 3.05) is 5.32 Å². The van der Waals surface area contributed by atoms with E-state index in [-0.39, 0.29) is 5.91 Å². The molecule has 0 aliphatic carbocycles. The molecule has 2 nitrogen and oxygen atoms in total. The van der Waals surface area contributed by atoms with Crippen LogP contribution < -0.4 is 5.32 Å². The number of nitrogens with one attached hydrogen (secondary N) is 1. The Morgan fingerprint density at radius 1 is 1.10 bits per heavy atom. The summed E-state index contributed by atoms with van der Waals surface area (Å²) in [7, 11) is 0. The molecule has 3 heteroatoms. The molecule has 0 heterocycles. The standard InChI is InChI=1S/C17H16ClNO/c1-2-13-3-5-14(6-4-13)7-12-17(20)19-16-10-8-15(18)9-11-16/h3-12H,2H2,1H3,(H,19,20)/b12-7+. The van der Waals surface area contributed by atoms with Crippen LogP contribution in [-0.4, -0.2) is 5.91 Å². The number of amides is 1. The molecule has 0 aliphatic heterocycles. The highest BCUT2D eigenvalue weighted by molar-refractivity contribution is 6.30. The van der Waals surface area contributed by atoms with E-state index in [0.29, 0.717) is 5.02 Å². The number of halogens is 1. The van der Waals surface area contributed by atoms with Crippen molar-refractivity contribution in [3.63, 3.8) is 0 Å². The Morgan fingerprint density at radius 2 is 1.75 bits per heavy atom. The number of carbonyl (C=O) groups excluding carboxylic acids is 1. The van der Waals surface area contributed by atoms with Gasteiger partial charge in [0.15, 0.2) is 0 Å². The fourth-order valence-corrected chi connectivity index (χ4v) is 1.88. The number of benzene rings is 2. The van der Waals surface area contributed by atoms with Gasteiger partial charge in [-0.05, 0) is 47.9 Å². The van der Waals surface area contributed by atoms with E-state index >= 15 is 0 Å². The van der Waals surface area contributed by atoms with Crippen molar-refractivity contribution in [1.82, 2.24) is 0 Å². The van der Waals surface area contributed by atoms with Crippen LogP contribution in [0.3, 0.4) is 0 Å². The Morgan fingerprint density at radius 3 is 2.35 bits per heavy atom. The number of hydrogen-bond acceptors (Lipinski definition) is 1. The van der Waals surface area contributed by atoms with Gasteiger partial charge in [-0.15, -0.1) is 0 Å². The van der Waals surface area contributed by atoms with Gasteiger partial charge in [-0.2, -0.15) is 0 Å². The summed E-state index contributed by atoms with van der Waals surface area (Å²) in [5.41, 5.74) is 3.02. The van der Waals surface area contributed by atoms with E-state index in [4.69, 9.17) is 11.6 Å². The first-order valence-corrected chi connectivity index (χ1v) is 6.89. The highest BCUT2D eigenvalue weighted by atomic mass is 35.5. The Bertz CT molecular complexity index is 600. The minimum absolute atomic E-state index is 0.160. The maximum atomic E-state index is 11.8. The molecule has 0 fully saturated rings. The van der Waals surface area contributed by atoms with E-state index in [2.05, 4.69) is 24.4 Å². The average Bonchev–Trinajstić information content (AvgIpc) is 2.48. The first-order valence-electron chi connectivity index (χ1n) is 6.51. The normalized spacial score (nSPS) is 10.7. The van der Waals surface area contributed by atoms with Crippen LogP contribution in [-0.2, 0) is 11.2 Å². The summed E-state index contributed by atoms with van der Waals surface area (Å²) in [4.78, 5) is 11.8. The van der Waals surface area contributed by atoms with Crippen molar-refractivity contribution in [1.29, 1.82) is 0 Å². The molecule has 0 saturated carbocycles.